The Hall–Kier alpha value is -3.74. The third-order valence-electron chi connectivity index (χ3n) is 4.07. The number of ether oxygens (including phenoxy) is 1. The first-order valence-electron chi connectivity index (χ1n) is 8.67. The third-order valence-corrected chi connectivity index (χ3v) is 4.07. The number of aromatic nitrogens is 2. The molecule has 28 heavy (non-hydrogen) atoms. The molecule has 0 fully saturated rings. The van der Waals surface area contributed by atoms with Crippen LogP contribution in [0.25, 0.3) is 0 Å². The Morgan fingerprint density at radius 2 is 1.79 bits per heavy atom. The highest BCUT2D eigenvalue weighted by molar-refractivity contribution is 6.07. The molecule has 0 atom stereocenters. The van der Waals surface area contributed by atoms with Crippen molar-refractivity contribution in [1.82, 2.24) is 9.97 Å². The van der Waals surface area contributed by atoms with Gasteiger partial charge in [0.25, 0.3) is 5.91 Å². The van der Waals surface area contributed by atoms with Gasteiger partial charge in [0.05, 0.1) is 18.4 Å². The third kappa shape index (κ3) is 4.70. The van der Waals surface area contributed by atoms with E-state index in [1.54, 1.807) is 30.3 Å². The minimum atomic E-state index is -0.529. The van der Waals surface area contributed by atoms with Crippen LogP contribution in [0.15, 0.2) is 60.9 Å². The first kappa shape index (κ1) is 19.0. The minimum absolute atomic E-state index is 0.182. The second-order valence-corrected chi connectivity index (χ2v) is 6.12. The molecular formula is C21H20N4O3. The fraction of sp³-hybridized carbons (Fsp3) is 0.143. The lowest BCUT2D eigenvalue weighted by Gasteiger charge is -2.10. The standard InChI is InChI=1S/C21H20N4O3/c1-14-7-9-15(10-8-14)12-22-19-11-18(23-13-24-19)20(26)25-17-6-4-3-5-16(17)21(27)28-2/h3-11,13H,12H2,1-2H3,(H,25,26)(H,22,23,24). The lowest BCUT2D eigenvalue weighted by Crippen LogP contribution is -2.17. The van der Waals surface area contributed by atoms with Crippen LogP contribution in [0.1, 0.15) is 32.0 Å². The Kier molecular flexibility index (Phi) is 5.96. The van der Waals surface area contributed by atoms with Crippen LogP contribution in [0.5, 0.6) is 0 Å². The number of para-hydroxylation sites is 1. The SMILES string of the molecule is COC(=O)c1ccccc1NC(=O)c1cc(NCc2ccc(C)cc2)ncn1. The number of nitrogens with one attached hydrogen (secondary N) is 2. The van der Waals surface area contributed by atoms with Crippen molar-refractivity contribution in [2.45, 2.75) is 13.5 Å². The van der Waals surface area contributed by atoms with Gasteiger partial charge in [-0.05, 0) is 24.6 Å². The molecule has 0 spiro atoms. The smallest absolute Gasteiger partial charge is 0.339 e. The van der Waals surface area contributed by atoms with Gasteiger partial charge in [-0.3, -0.25) is 4.79 Å². The van der Waals surface area contributed by atoms with Crippen LogP contribution in [0, 0.1) is 6.92 Å². The van der Waals surface area contributed by atoms with E-state index >= 15 is 0 Å². The zero-order valence-electron chi connectivity index (χ0n) is 15.6. The summed E-state index contributed by atoms with van der Waals surface area (Å²) in [6.45, 7) is 2.61. The van der Waals surface area contributed by atoms with Crippen molar-refractivity contribution in [3.05, 3.63) is 83.3 Å². The van der Waals surface area contributed by atoms with Crippen LogP contribution >= 0.6 is 0 Å². The van der Waals surface area contributed by atoms with E-state index < -0.39 is 11.9 Å². The number of aryl methyl sites for hydroxylation is 1. The molecule has 1 amide bonds. The zero-order chi connectivity index (χ0) is 19.9. The number of esters is 1. The fourth-order valence-electron chi connectivity index (χ4n) is 2.54. The number of carbonyl (C=O) groups is 2. The Labute approximate surface area is 162 Å². The van der Waals surface area contributed by atoms with Crippen molar-refractivity contribution in [1.29, 1.82) is 0 Å². The molecule has 3 aromatic rings. The molecule has 2 aromatic carbocycles. The van der Waals surface area contributed by atoms with E-state index in [-0.39, 0.29) is 11.3 Å². The van der Waals surface area contributed by atoms with E-state index in [1.807, 2.05) is 31.2 Å². The molecule has 0 radical (unpaired) electrons. The summed E-state index contributed by atoms with van der Waals surface area (Å²) in [4.78, 5) is 32.6. The van der Waals surface area contributed by atoms with E-state index in [4.69, 9.17) is 4.74 Å². The van der Waals surface area contributed by atoms with Crippen molar-refractivity contribution in [2.75, 3.05) is 17.7 Å². The van der Waals surface area contributed by atoms with Gasteiger partial charge >= 0.3 is 5.97 Å². The summed E-state index contributed by atoms with van der Waals surface area (Å²) in [6, 6.07) is 16.3. The molecule has 0 bridgehead atoms. The van der Waals surface area contributed by atoms with Crippen molar-refractivity contribution < 1.29 is 14.3 Å². The van der Waals surface area contributed by atoms with Gasteiger partial charge in [0.2, 0.25) is 0 Å². The van der Waals surface area contributed by atoms with Gasteiger partial charge in [-0.2, -0.15) is 0 Å². The van der Waals surface area contributed by atoms with E-state index in [0.717, 1.165) is 5.56 Å². The van der Waals surface area contributed by atoms with Gasteiger partial charge in [0.1, 0.15) is 17.8 Å². The quantitative estimate of drug-likeness (QED) is 0.640. The van der Waals surface area contributed by atoms with Crippen LogP contribution in [0.3, 0.4) is 0 Å². The number of methoxy groups -OCH3 is 1. The molecule has 1 aromatic heterocycles. The summed E-state index contributed by atoms with van der Waals surface area (Å²) in [7, 11) is 1.29. The highest BCUT2D eigenvalue weighted by Gasteiger charge is 2.15. The first-order valence-corrected chi connectivity index (χ1v) is 8.67. The summed E-state index contributed by atoms with van der Waals surface area (Å²) in [6.07, 6.45) is 1.32. The monoisotopic (exact) mass is 376 g/mol. The normalized spacial score (nSPS) is 10.2. The van der Waals surface area contributed by atoms with Crippen LogP contribution in [0.2, 0.25) is 0 Å². The average molecular weight is 376 g/mol. The first-order chi connectivity index (χ1) is 13.6. The van der Waals surface area contributed by atoms with E-state index in [1.165, 1.54) is 19.0 Å². The Morgan fingerprint density at radius 3 is 2.54 bits per heavy atom. The average Bonchev–Trinajstić information content (AvgIpc) is 2.73. The lowest BCUT2D eigenvalue weighted by molar-refractivity contribution is 0.0602. The number of anilines is 2. The Morgan fingerprint density at radius 1 is 1.04 bits per heavy atom. The number of carbonyl (C=O) groups excluding carboxylic acids is 2. The van der Waals surface area contributed by atoms with E-state index in [9.17, 15) is 9.59 Å². The molecule has 2 N–H and O–H groups in total. The molecule has 1 heterocycles. The second kappa shape index (κ2) is 8.77. The summed E-state index contributed by atoms with van der Waals surface area (Å²) < 4.78 is 4.74. The van der Waals surface area contributed by atoms with Gasteiger partial charge in [-0.15, -0.1) is 0 Å². The van der Waals surface area contributed by atoms with E-state index in [2.05, 4.69) is 20.6 Å². The van der Waals surface area contributed by atoms with Gasteiger partial charge in [0.15, 0.2) is 0 Å². The summed E-state index contributed by atoms with van der Waals surface area (Å²) in [5.74, 6) is -0.446. The molecule has 142 valence electrons. The van der Waals surface area contributed by atoms with Crippen LogP contribution in [-0.2, 0) is 11.3 Å². The Bertz CT molecular complexity index is 987. The lowest BCUT2D eigenvalue weighted by atomic mass is 10.1. The van der Waals surface area contributed by atoms with Crippen LogP contribution in [0.4, 0.5) is 11.5 Å². The molecule has 0 aliphatic rings. The number of amides is 1. The number of rotatable bonds is 6. The van der Waals surface area contributed by atoms with Crippen molar-refractivity contribution in [2.24, 2.45) is 0 Å². The largest absolute Gasteiger partial charge is 0.465 e. The summed E-state index contributed by atoms with van der Waals surface area (Å²) in [5.41, 5.74) is 3.09. The van der Waals surface area contributed by atoms with Crippen LogP contribution < -0.4 is 10.6 Å². The maximum Gasteiger partial charge on any atom is 0.339 e. The second-order valence-electron chi connectivity index (χ2n) is 6.12. The molecule has 0 saturated heterocycles. The highest BCUT2D eigenvalue weighted by Crippen LogP contribution is 2.17. The predicted molar refractivity (Wildman–Crippen MR) is 106 cm³/mol. The summed E-state index contributed by atoms with van der Waals surface area (Å²) >= 11 is 0. The van der Waals surface area contributed by atoms with Crippen molar-refractivity contribution in [3.63, 3.8) is 0 Å². The predicted octanol–water partition coefficient (Wildman–Crippen LogP) is 3.44. The Balaban J connectivity index is 1.70. The van der Waals surface area contributed by atoms with Gasteiger partial charge in [-0.25, -0.2) is 14.8 Å². The van der Waals surface area contributed by atoms with Crippen LogP contribution in [-0.4, -0.2) is 29.0 Å². The molecule has 7 heteroatoms. The molecular weight excluding hydrogens is 356 g/mol. The molecule has 0 saturated carbocycles. The molecule has 0 aliphatic carbocycles. The van der Waals surface area contributed by atoms with Crippen molar-refractivity contribution >= 4 is 23.4 Å². The fourth-order valence-corrected chi connectivity index (χ4v) is 2.54. The summed E-state index contributed by atoms with van der Waals surface area (Å²) in [5, 5.41) is 5.86. The number of hydrogen-bond donors (Lipinski definition) is 2. The molecule has 3 rings (SSSR count). The topological polar surface area (TPSA) is 93.2 Å². The zero-order valence-corrected chi connectivity index (χ0v) is 15.6. The minimum Gasteiger partial charge on any atom is -0.465 e. The van der Waals surface area contributed by atoms with E-state index in [0.29, 0.717) is 18.1 Å². The van der Waals surface area contributed by atoms with Crippen molar-refractivity contribution in [3.8, 4) is 0 Å². The van der Waals surface area contributed by atoms with Gasteiger partial charge in [-0.1, -0.05) is 42.0 Å². The molecule has 0 unspecified atom stereocenters. The molecule has 0 aliphatic heterocycles. The number of nitrogens with zero attached hydrogens (tertiary/aromatic N) is 2. The highest BCUT2D eigenvalue weighted by atomic mass is 16.5. The maximum atomic E-state index is 12.6. The van der Waals surface area contributed by atoms with Gasteiger partial charge in [0, 0.05) is 12.6 Å². The number of benzene rings is 2. The molecule has 7 nitrogen and oxygen atoms in total. The number of hydrogen-bond acceptors (Lipinski definition) is 6. The van der Waals surface area contributed by atoms with Gasteiger partial charge < -0.3 is 15.4 Å². The maximum absolute atomic E-state index is 12.6.